The highest BCUT2D eigenvalue weighted by atomic mass is 19.3. The molecular weight excluding hydrogens is 306 g/mol. The molecule has 0 heterocycles. The molecule has 1 aromatic carbocycles. The molecule has 0 radical (unpaired) electrons. The van der Waals surface area contributed by atoms with Crippen molar-refractivity contribution in [1.29, 1.82) is 0 Å². The van der Waals surface area contributed by atoms with E-state index in [1.807, 2.05) is 27.7 Å². The van der Waals surface area contributed by atoms with Gasteiger partial charge in [-0.1, -0.05) is 27.7 Å². The number of benzene rings is 1. The molecule has 23 heavy (non-hydrogen) atoms. The minimum absolute atomic E-state index is 0.0205. The van der Waals surface area contributed by atoms with Gasteiger partial charge in [-0.15, -0.1) is 0 Å². The zero-order chi connectivity index (χ0) is 17.6. The monoisotopic (exact) mass is 330 g/mol. The van der Waals surface area contributed by atoms with Crippen LogP contribution in [0.2, 0.25) is 0 Å². The minimum Gasteiger partial charge on any atom is -0.435 e. The van der Waals surface area contributed by atoms with Crippen LogP contribution in [0.1, 0.15) is 27.7 Å². The molecule has 0 fully saturated rings. The Hall–Kier alpha value is -1.89. The minimum atomic E-state index is -2.88. The fraction of sp³-hybridized carbons (Fsp3) is 0.562. The zero-order valence-electron chi connectivity index (χ0n) is 13.8. The quantitative estimate of drug-likeness (QED) is 0.717. The Kier molecular flexibility index (Phi) is 6.75. The normalized spacial score (nSPS) is 13.1. The van der Waals surface area contributed by atoms with E-state index in [2.05, 4.69) is 15.4 Å². The lowest BCUT2D eigenvalue weighted by atomic mass is 9.81. The van der Waals surface area contributed by atoms with Gasteiger partial charge in [0.05, 0.1) is 6.10 Å². The number of rotatable bonds is 7. The third kappa shape index (κ3) is 6.40. The number of ether oxygens (including phenoxy) is 1. The number of anilines is 1. The number of aliphatic hydroxyl groups excluding tert-OH is 1. The van der Waals surface area contributed by atoms with Gasteiger partial charge in [-0.25, -0.2) is 4.79 Å². The predicted octanol–water partition coefficient (Wildman–Crippen LogP) is 3.45. The summed E-state index contributed by atoms with van der Waals surface area (Å²) in [6.07, 6.45) is -0.548. The van der Waals surface area contributed by atoms with Crippen molar-refractivity contribution in [1.82, 2.24) is 5.32 Å². The molecule has 130 valence electrons. The summed E-state index contributed by atoms with van der Waals surface area (Å²) in [5, 5.41) is 15.4. The molecule has 1 aromatic rings. The smallest absolute Gasteiger partial charge is 0.387 e. The first-order chi connectivity index (χ1) is 10.6. The largest absolute Gasteiger partial charge is 0.435 e. The van der Waals surface area contributed by atoms with Crippen LogP contribution < -0.4 is 15.4 Å². The summed E-state index contributed by atoms with van der Waals surface area (Å²) in [6, 6.07) is 5.18. The molecule has 0 aliphatic heterocycles. The van der Waals surface area contributed by atoms with Gasteiger partial charge in [0.15, 0.2) is 0 Å². The number of hydrogen-bond donors (Lipinski definition) is 3. The lowest BCUT2D eigenvalue weighted by Crippen LogP contribution is -2.44. The second-order valence-electron chi connectivity index (χ2n) is 6.39. The average molecular weight is 330 g/mol. The number of hydrogen-bond acceptors (Lipinski definition) is 3. The van der Waals surface area contributed by atoms with E-state index in [0.717, 1.165) is 0 Å². The second-order valence-corrected chi connectivity index (χ2v) is 6.39. The van der Waals surface area contributed by atoms with E-state index in [9.17, 15) is 18.7 Å². The fourth-order valence-corrected chi connectivity index (χ4v) is 2.21. The zero-order valence-corrected chi connectivity index (χ0v) is 13.8. The fourth-order valence-electron chi connectivity index (χ4n) is 2.21. The van der Waals surface area contributed by atoms with Crippen molar-refractivity contribution >= 4 is 11.7 Å². The Labute approximate surface area is 135 Å². The molecule has 0 bridgehead atoms. The van der Waals surface area contributed by atoms with Crippen molar-refractivity contribution in [3.05, 3.63) is 24.3 Å². The summed E-state index contributed by atoms with van der Waals surface area (Å²) in [5.41, 5.74) is -0.0215. The summed E-state index contributed by atoms with van der Waals surface area (Å²) in [4.78, 5) is 11.9. The van der Waals surface area contributed by atoms with Crippen molar-refractivity contribution < 1.29 is 23.4 Å². The van der Waals surface area contributed by atoms with Crippen molar-refractivity contribution in [2.24, 2.45) is 11.3 Å². The van der Waals surface area contributed by atoms with Gasteiger partial charge >= 0.3 is 12.6 Å². The molecule has 1 unspecified atom stereocenters. The first kappa shape index (κ1) is 19.2. The van der Waals surface area contributed by atoms with E-state index in [4.69, 9.17) is 0 Å². The maximum absolute atomic E-state index is 12.0. The molecule has 0 aliphatic carbocycles. The number of amides is 2. The van der Waals surface area contributed by atoms with Crippen LogP contribution in [-0.2, 0) is 0 Å². The summed E-state index contributed by atoms with van der Waals surface area (Å²) >= 11 is 0. The van der Waals surface area contributed by atoms with Crippen LogP contribution >= 0.6 is 0 Å². The highest BCUT2D eigenvalue weighted by molar-refractivity contribution is 5.89. The van der Waals surface area contributed by atoms with Gasteiger partial charge in [-0.3, -0.25) is 0 Å². The molecule has 1 rings (SSSR count). The number of halogens is 2. The summed E-state index contributed by atoms with van der Waals surface area (Å²) in [6.45, 7) is 4.98. The van der Waals surface area contributed by atoms with Crippen LogP contribution in [0.15, 0.2) is 24.3 Å². The maximum Gasteiger partial charge on any atom is 0.387 e. The lowest BCUT2D eigenvalue weighted by Gasteiger charge is -2.33. The number of aliphatic hydroxyl groups is 1. The molecular formula is C16H24F2N2O3. The number of nitrogens with one attached hydrogen (secondary N) is 2. The Morgan fingerprint density at radius 3 is 2.30 bits per heavy atom. The van der Waals surface area contributed by atoms with E-state index in [0.29, 0.717) is 12.2 Å². The van der Waals surface area contributed by atoms with E-state index < -0.39 is 24.2 Å². The highest BCUT2D eigenvalue weighted by Crippen LogP contribution is 2.25. The van der Waals surface area contributed by atoms with Crippen molar-refractivity contribution in [2.75, 3.05) is 11.9 Å². The Morgan fingerprint density at radius 2 is 1.83 bits per heavy atom. The molecule has 2 amide bonds. The van der Waals surface area contributed by atoms with Gasteiger partial charge in [-0.05, 0) is 30.2 Å². The Bertz CT molecular complexity index is 505. The van der Waals surface area contributed by atoms with E-state index in [1.54, 1.807) is 0 Å². The van der Waals surface area contributed by atoms with Crippen molar-refractivity contribution in [2.45, 2.75) is 40.4 Å². The van der Waals surface area contributed by atoms with Crippen LogP contribution in [-0.4, -0.2) is 30.4 Å². The van der Waals surface area contributed by atoms with Crippen LogP contribution in [0.5, 0.6) is 5.75 Å². The van der Waals surface area contributed by atoms with E-state index in [1.165, 1.54) is 24.3 Å². The third-order valence-electron chi connectivity index (χ3n) is 3.47. The molecule has 7 heteroatoms. The van der Waals surface area contributed by atoms with Gasteiger partial charge in [0.1, 0.15) is 5.75 Å². The van der Waals surface area contributed by atoms with Crippen molar-refractivity contribution in [3.63, 3.8) is 0 Å². The number of alkyl halides is 2. The van der Waals surface area contributed by atoms with E-state index in [-0.39, 0.29) is 11.7 Å². The average Bonchev–Trinajstić information content (AvgIpc) is 2.46. The van der Waals surface area contributed by atoms with Crippen LogP contribution in [0.3, 0.4) is 0 Å². The standard InChI is InChI=1S/C16H24F2N2O3/c1-10(2)13(21)16(3,4)9-19-15(22)20-11-5-7-12(8-6-11)23-14(17)18/h5-8,10,13-14,21H,9H2,1-4H3,(H2,19,20,22). The first-order valence-electron chi connectivity index (χ1n) is 7.39. The van der Waals surface area contributed by atoms with Crippen LogP contribution in [0.25, 0.3) is 0 Å². The molecule has 5 nitrogen and oxygen atoms in total. The molecule has 0 saturated heterocycles. The predicted molar refractivity (Wildman–Crippen MR) is 84.7 cm³/mol. The molecule has 0 spiro atoms. The summed E-state index contributed by atoms with van der Waals surface area (Å²) < 4.78 is 28.3. The summed E-state index contributed by atoms with van der Waals surface area (Å²) in [5.74, 6) is 0.101. The van der Waals surface area contributed by atoms with E-state index >= 15 is 0 Å². The third-order valence-corrected chi connectivity index (χ3v) is 3.47. The lowest BCUT2D eigenvalue weighted by molar-refractivity contribution is -0.0498. The van der Waals surface area contributed by atoms with Gasteiger partial charge in [-0.2, -0.15) is 8.78 Å². The molecule has 3 N–H and O–H groups in total. The van der Waals surface area contributed by atoms with Gasteiger partial charge in [0.25, 0.3) is 0 Å². The molecule has 0 saturated carbocycles. The SMILES string of the molecule is CC(C)C(O)C(C)(C)CNC(=O)Nc1ccc(OC(F)F)cc1. The van der Waals surface area contributed by atoms with Crippen LogP contribution in [0, 0.1) is 11.3 Å². The highest BCUT2D eigenvalue weighted by Gasteiger charge is 2.30. The second kappa shape index (κ2) is 8.10. The Morgan fingerprint density at radius 1 is 1.26 bits per heavy atom. The number of carbonyl (C=O) groups excluding carboxylic acids is 1. The topological polar surface area (TPSA) is 70.6 Å². The molecule has 0 aliphatic rings. The van der Waals surface area contributed by atoms with Gasteiger partial charge < -0.3 is 20.5 Å². The summed E-state index contributed by atoms with van der Waals surface area (Å²) in [7, 11) is 0. The van der Waals surface area contributed by atoms with Crippen LogP contribution in [0.4, 0.5) is 19.3 Å². The number of carbonyl (C=O) groups is 1. The first-order valence-corrected chi connectivity index (χ1v) is 7.39. The van der Waals surface area contributed by atoms with Gasteiger partial charge in [0.2, 0.25) is 0 Å². The maximum atomic E-state index is 12.0. The van der Waals surface area contributed by atoms with Gasteiger partial charge in [0, 0.05) is 17.6 Å². The molecule has 0 aromatic heterocycles. The number of urea groups is 1. The van der Waals surface area contributed by atoms with Crippen molar-refractivity contribution in [3.8, 4) is 5.75 Å². The Balaban J connectivity index is 2.50. The molecule has 1 atom stereocenters.